The molecule has 2 heterocycles. The minimum Gasteiger partial charge on any atom is -0.296 e. The van der Waals surface area contributed by atoms with E-state index in [2.05, 4.69) is 20.5 Å². The van der Waals surface area contributed by atoms with Crippen LogP contribution in [0.4, 0.5) is 9.52 Å². The van der Waals surface area contributed by atoms with Crippen molar-refractivity contribution in [1.82, 2.24) is 15.2 Å². The van der Waals surface area contributed by atoms with Crippen LogP contribution < -0.4 is 10.9 Å². The fourth-order valence-electron chi connectivity index (χ4n) is 1.93. The second kappa shape index (κ2) is 6.49. The first kappa shape index (κ1) is 15.0. The number of carbonyl (C=O) groups excluding carboxylic acids is 1. The summed E-state index contributed by atoms with van der Waals surface area (Å²) in [5.74, 6) is -0.752. The molecule has 0 radical (unpaired) electrons. The van der Waals surface area contributed by atoms with Gasteiger partial charge in [-0.15, -0.1) is 11.3 Å². The molecule has 0 aliphatic heterocycles. The van der Waals surface area contributed by atoms with Crippen LogP contribution in [0.2, 0.25) is 0 Å². The molecule has 0 saturated heterocycles. The lowest BCUT2D eigenvalue weighted by atomic mass is 10.1. The van der Waals surface area contributed by atoms with Crippen LogP contribution in [0.5, 0.6) is 0 Å². The Labute approximate surface area is 134 Å². The highest BCUT2D eigenvalue weighted by molar-refractivity contribution is 7.15. The van der Waals surface area contributed by atoms with Gasteiger partial charge in [-0.1, -0.05) is 12.1 Å². The molecule has 1 aromatic carbocycles. The summed E-state index contributed by atoms with van der Waals surface area (Å²) in [6.07, 6.45) is 2.16. The third-order valence-corrected chi connectivity index (χ3v) is 3.87. The number of H-pyrrole nitrogens is 1. The van der Waals surface area contributed by atoms with E-state index in [1.54, 1.807) is 12.3 Å². The van der Waals surface area contributed by atoms with Crippen LogP contribution in [-0.2, 0) is 6.42 Å². The van der Waals surface area contributed by atoms with Crippen molar-refractivity contribution in [3.63, 3.8) is 0 Å². The van der Waals surface area contributed by atoms with Gasteiger partial charge in [-0.25, -0.2) is 14.5 Å². The largest absolute Gasteiger partial charge is 0.296 e. The Morgan fingerprint density at radius 3 is 2.91 bits per heavy atom. The van der Waals surface area contributed by atoms with Crippen molar-refractivity contribution < 1.29 is 9.18 Å². The number of thiazole rings is 1. The summed E-state index contributed by atoms with van der Waals surface area (Å²) in [6, 6.07) is 8.87. The highest BCUT2D eigenvalue weighted by Crippen LogP contribution is 2.21. The standard InChI is InChI=1S/C15H11FN4O2S/c16-10-3-1-2-9(6-10)7-11-8-17-15(23-11)18-14(22)12-4-5-13(21)20-19-12/h1-6,8H,7H2,(H,20,21)(H,17,18,22). The van der Waals surface area contributed by atoms with Crippen LogP contribution in [-0.4, -0.2) is 21.1 Å². The first-order valence-electron chi connectivity index (χ1n) is 6.66. The van der Waals surface area contributed by atoms with Crippen molar-refractivity contribution in [3.8, 4) is 0 Å². The van der Waals surface area contributed by atoms with Gasteiger partial charge in [0.2, 0.25) is 0 Å². The molecule has 1 amide bonds. The smallest absolute Gasteiger partial charge is 0.277 e. The Bertz CT molecular complexity index is 886. The van der Waals surface area contributed by atoms with E-state index >= 15 is 0 Å². The lowest BCUT2D eigenvalue weighted by Crippen LogP contribution is -2.17. The Kier molecular flexibility index (Phi) is 4.24. The highest BCUT2D eigenvalue weighted by atomic mass is 32.1. The van der Waals surface area contributed by atoms with E-state index < -0.39 is 5.91 Å². The molecule has 0 aliphatic carbocycles. The molecule has 0 aliphatic rings. The number of carbonyl (C=O) groups is 1. The number of benzene rings is 1. The van der Waals surface area contributed by atoms with Gasteiger partial charge in [0.05, 0.1) is 0 Å². The van der Waals surface area contributed by atoms with Crippen LogP contribution in [0.25, 0.3) is 0 Å². The number of amides is 1. The van der Waals surface area contributed by atoms with E-state index in [0.29, 0.717) is 11.6 Å². The fraction of sp³-hybridized carbons (Fsp3) is 0.0667. The number of rotatable bonds is 4. The zero-order chi connectivity index (χ0) is 16.2. The van der Waals surface area contributed by atoms with Crippen molar-refractivity contribution in [1.29, 1.82) is 0 Å². The van der Waals surface area contributed by atoms with Crippen LogP contribution in [0.1, 0.15) is 20.9 Å². The van der Waals surface area contributed by atoms with E-state index in [-0.39, 0.29) is 17.1 Å². The molecular weight excluding hydrogens is 319 g/mol. The van der Waals surface area contributed by atoms with Crippen LogP contribution >= 0.6 is 11.3 Å². The van der Waals surface area contributed by atoms with Gasteiger partial charge >= 0.3 is 0 Å². The van der Waals surface area contributed by atoms with Gasteiger partial charge in [-0.3, -0.25) is 14.9 Å². The van der Waals surface area contributed by atoms with Crippen molar-refractivity contribution in [2.45, 2.75) is 6.42 Å². The molecular formula is C15H11FN4O2S. The molecule has 2 N–H and O–H groups in total. The molecule has 2 aromatic heterocycles. The zero-order valence-corrected chi connectivity index (χ0v) is 12.6. The number of halogens is 1. The maximum atomic E-state index is 13.2. The molecule has 0 unspecified atom stereocenters. The van der Waals surface area contributed by atoms with Gasteiger partial charge in [-0.2, -0.15) is 5.10 Å². The summed E-state index contributed by atoms with van der Waals surface area (Å²) in [5, 5.41) is 8.85. The van der Waals surface area contributed by atoms with E-state index in [9.17, 15) is 14.0 Å². The van der Waals surface area contributed by atoms with Gasteiger partial charge in [0.25, 0.3) is 11.5 Å². The summed E-state index contributed by atoms with van der Waals surface area (Å²) < 4.78 is 13.2. The summed E-state index contributed by atoms with van der Waals surface area (Å²) in [7, 11) is 0. The molecule has 0 atom stereocenters. The van der Waals surface area contributed by atoms with E-state index in [4.69, 9.17) is 0 Å². The minimum atomic E-state index is -0.465. The van der Waals surface area contributed by atoms with Gasteiger partial charge in [0.1, 0.15) is 11.5 Å². The number of anilines is 1. The third kappa shape index (κ3) is 3.86. The number of nitrogens with zero attached hydrogens (tertiary/aromatic N) is 2. The van der Waals surface area contributed by atoms with Crippen molar-refractivity contribution in [2.24, 2.45) is 0 Å². The van der Waals surface area contributed by atoms with Gasteiger partial charge < -0.3 is 0 Å². The number of aromatic nitrogens is 3. The van der Waals surface area contributed by atoms with Crippen molar-refractivity contribution >= 4 is 22.4 Å². The molecule has 23 heavy (non-hydrogen) atoms. The molecule has 6 nitrogen and oxygen atoms in total. The predicted octanol–water partition coefficient (Wildman–Crippen LogP) is 2.21. The Balaban J connectivity index is 1.68. The fourth-order valence-corrected chi connectivity index (χ4v) is 2.77. The molecule has 3 rings (SSSR count). The first-order chi connectivity index (χ1) is 11.1. The molecule has 116 valence electrons. The monoisotopic (exact) mass is 330 g/mol. The second-order valence-electron chi connectivity index (χ2n) is 4.70. The number of aromatic amines is 1. The Hall–Kier alpha value is -2.87. The molecule has 8 heteroatoms. The Morgan fingerprint density at radius 1 is 1.30 bits per heavy atom. The molecule has 0 spiro atoms. The normalized spacial score (nSPS) is 10.5. The predicted molar refractivity (Wildman–Crippen MR) is 84.1 cm³/mol. The maximum absolute atomic E-state index is 13.2. The molecule has 0 bridgehead atoms. The topological polar surface area (TPSA) is 87.7 Å². The quantitative estimate of drug-likeness (QED) is 0.768. The van der Waals surface area contributed by atoms with Crippen LogP contribution in [0.3, 0.4) is 0 Å². The average molecular weight is 330 g/mol. The average Bonchev–Trinajstić information content (AvgIpc) is 2.95. The van der Waals surface area contributed by atoms with Gasteiger partial charge in [0, 0.05) is 23.6 Å². The first-order valence-corrected chi connectivity index (χ1v) is 7.48. The minimum absolute atomic E-state index is 0.0893. The SMILES string of the molecule is O=C(Nc1ncc(Cc2cccc(F)c2)s1)c1ccc(=O)[nH]n1. The zero-order valence-electron chi connectivity index (χ0n) is 11.7. The van der Waals surface area contributed by atoms with Crippen molar-refractivity contribution in [3.05, 3.63) is 74.9 Å². The highest BCUT2D eigenvalue weighted by Gasteiger charge is 2.11. The third-order valence-electron chi connectivity index (χ3n) is 2.95. The van der Waals surface area contributed by atoms with Crippen LogP contribution in [0, 0.1) is 5.82 Å². The summed E-state index contributed by atoms with van der Waals surface area (Å²) in [6.45, 7) is 0. The van der Waals surface area contributed by atoms with E-state index in [0.717, 1.165) is 10.4 Å². The number of hydrogen-bond donors (Lipinski definition) is 2. The lowest BCUT2D eigenvalue weighted by Gasteiger charge is -2.00. The van der Waals surface area contributed by atoms with Gasteiger partial charge in [0.15, 0.2) is 5.13 Å². The molecule has 3 aromatic rings. The van der Waals surface area contributed by atoms with E-state index in [1.165, 1.54) is 35.6 Å². The summed E-state index contributed by atoms with van der Waals surface area (Å²) >= 11 is 1.29. The second-order valence-corrected chi connectivity index (χ2v) is 5.81. The summed E-state index contributed by atoms with van der Waals surface area (Å²) in [5.41, 5.74) is 0.536. The lowest BCUT2D eigenvalue weighted by molar-refractivity contribution is 0.102. The van der Waals surface area contributed by atoms with E-state index in [1.807, 2.05) is 6.07 Å². The molecule has 0 fully saturated rings. The Morgan fingerprint density at radius 2 is 2.17 bits per heavy atom. The van der Waals surface area contributed by atoms with Gasteiger partial charge in [-0.05, 0) is 23.8 Å². The maximum Gasteiger partial charge on any atom is 0.277 e. The number of nitrogens with one attached hydrogen (secondary N) is 2. The van der Waals surface area contributed by atoms with Crippen LogP contribution in [0.15, 0.2) is 47.4 Å². The summed E-state index contributed by atoms with van der Waals surface area (Å²) in [4.78, 5) is 27.9. The molecule has 0 saturated carbocycles. The van der Waals surface area contributed by atoms with Crippen molar-refractivity contribution in [2.75, 3.05) is 5.32 Å². The number of hydrogen-bond acceptors (Lipinski definition) is 5.